The molecule has 1 amide bonds. The number of sulfone groups is 1. The number of amides is 1. The van der Waals surface area contributed by atoms with Crippen LogP contribution in [0.1, 0.15) is 18.4 Å². The van der Waals surface area contributed by atoms with Gasteiger partial charge in [0.2, 0.25) is 5.91 Å². The minimum absolute atomic E-state index is 0.0189. The molecule has 0 spiro atoms. The third-order valence-corrected chi connectivity index (χ3v) is 7.41. The summed E-state index contributed by atoms with van der Waals surface area (Å²) < 4.78 is 35.9. The number of ether oxygens (including phenoxy) is 2. The average molecular weight is 404 g/mol. The molecule has 0 bridgehead atoms. The topological polar surface area (TPSA) is 72.9 Å². The number of carbonyl (C=O) groups is 1. The second-order valence-electron chi connectivity index (χ2n) is 6.83. The lowest BCUT2D eigenvalue weighted by atomic mass is 10.1. The standard InChI is InChI=1S/C21H25NO5S/c1-26-17-5-3-16(4-6-17)15-21(23)22-13-11-20(12-14-22)28(24,25)19-9-7-18(27-2)8-10-19/h3-10,20H,11-15H2,1-2H3. The van der Waals surface area contributed by atoms with Crippen LogP contribution in [0.15, 0.2) is 53.4 Å². The van der Waals surface area contributed by atoms with Crippen molar-refractivity contribution in [1.82, 2.24) is 4.90 Å². The largest absolute Gasteiger partial charge is 0.497 e. The quantitative estimate of drug-likeness (QED) is 0.742. The summed E-state index contributed by atoms with van der Waals surface area (Å²) in [5.41, 5.74) is 0.916. The molecule has 2 aromatic rings. The molecule has 1 fully saturated rings. The van der Waals surface area contributed by atoms with Crippen molar-refractivity contribution in [2.45, 2.75) is 29.4 Å². The first-order chi connectivity index (χ1) is 13.4. The minimum atomic E-state index is -3.41. The lowest BCUT2D eigenvalue weighted by Crippen LogP contribution is -2.43. The molecule has 0 atom stereocenters. The van der Waals surface area contributed by atoms with Crippen LogP contribution in [0.3, 0.4) is 0 Å². The minimum Gasteiger partial charge on any atom is -0.497 e. The lowest BCUT2D eigenvalue weighted by molar-refractivity contribution is -0.131. The Bertz CT molecular complexity index is 899. The summed E-state index contributed by atoms with van der Waals surface area (Å²) in [5, 5.41) is -0.467. The first-order valence-electron chi connectivity index (χ1n) is 9.22. The molecule has 150 valence electrons. The van der Waals surface area contributed by atoms with Gasteiger partial charge in [-0.3, -0.25) is 4.79 Å². The molecular formula is C21H25NO5S. The maximum atomic E-state index is 12.9. The first kappa shape index (κ1) is 20.2. The van der Waals surface area contributed by atoms with Crippen LogP contribution in [-0.4, -0.2) is 51.8 Å². The Hall–Kier alpha value is -2.54. The van der Waals surface area contributed by atoms with Crippen molar-refractivity contribution in [3.63, 3.8) is 0 Å². The van der Waals surface area contributed by atoms with Crippen LogP contribution in [0.4, 0.5) is 0 Å². The van der Waals surface area contributed by atoms with Crippen LogP contribution in [0, 0.1) is 0 Å². The van der Waals surface area contributed by atoms with E-state index in [1.807, 2.05) is 24.3 Å². The monoisotopic (exact) mass is 403 g/mol. The number of benzene rings is 2. The van der Waals surface area contributed by atoms with Crippen molar-refractivity contribution < 1.29 is 22.7 Å². The normalized spacial score (nSPS) is 15.3. The van der Waals surface area contributed by atoms with Gasteiger partial charge in [-0.25, -0.2) is 8.42 Å². The summed E-state index contributed by atoms with van der Waals surface area (Å²) in [4.78, 5) is 14.6. The third-order valence-electron chi connectivity index (χ3n) is 5.14. The van der Waals surface area contributed by atoms with Gasteiger partial charge in [0.25, 0.3) is 0 Å². The molecule has 0 aromatic heterocycles. The highest BCUT2D eigenvalue weighted by molar-refractivity contribution is 7.92. The second kappa shape index (κ2) is 8.65. The summed E-state index contributed by atoms with van der Waals surface area (Å²) in [6.07, 6.45) is 1.20. The maximum absolute atomic E-state index is 12.9. The zero-order valence-electron chi connectivity index (χ0n) is 16.1. The van der Waals surface area contributed by atoms with Gasteiger partial charge in [0.1, 0.15) is 11.5 Å². The Morgan fingerprint density at radius 2 is 1.43 bits per heavy atom. The van der Waals surface area contributed by atoms with Crippen LogP contribution in [0.2, 0.25) is 0 Å². The Morgan fingerprint density at radius 3 is 1.93 bits per heavy atom. The van der Waals surface area contributed by atoms with Crippen molar-refractivity contribution in [3.05, 3.63) is 54.1 Å². The number of rotatable bonds is 6. The molecule has 7 heteroatoms. The molecule has 0 unspecified atom stereocenters. The maximum Gasteiger partial charge on any atom is 0.226 e. The summed E-state index contributed by atoms with van der Waals surface area (Å²) in [7, 11) is -0.265. The van der Waals surface area contributed by atoms with Crippen molar-refractivity contribution >= 4 is 15.7 Å². The molecular weight excluding hydrogens is 378 g/mol. The molecule has 0 N–H and O–H groups in total. The fraction of sp³-hybridized carbons (Fsp3) is 0.381. The van der Waals surface area contributed by atoms with Gasteiger partial charge in [-0.2, -0.15) is 0 Å². The van der Waals surface area contributed by atoms with E-state index >= 15 is 0 Å². The molecule has 6 nitrogen and oxygen atoms in total. The molecule has 0 aliphatic carbocycles. The molecule has 2 aromatic carbocycles. The summed E-state index contributed by atoms with van der Waals surface area (Å²) in [6.45, 7) is 0.907. The Balaban J connectivity index is 1.58. The van der Waals surface area contributed by atoms with E-state index in [0.717, 1.165) is 11.3 Å². The van der Waals surface area contributed by atoms with Gasteiger partial charge < -0.3 is 14.4 Å². The average Bonchev–Trinajstić information content (AvgIpc) is 2.74. The van der Waals surface area contributed by atoms with Gasteiger partial charge in [0.05, 0.1) is 30.8 Å². The van der Waals surface area contributed by atoms with Crippen molar-refractivity contribution in [2.75, 3.05) is 27.3 Å². The molecule has 0 radical (unpaired) electrons. The van der Waals surface area contributed by atoms with Gasteiger partial charge in [-0.15, -0.1) is 0 Å². The number of methoxy groups -OCH3 is 2. The highest BCUT2D eigenvalue weighted by Gasteiger charge is 2.32. The number of hydrogen-bond donors (Lipinski definition) is 0. The molecule has 1 aliphatic rings. The molecule has 1 heterocycles. The summed E-state index contributed by atoms with van der Waals surface area (Å²) in [5.74, 6) is 1.39. The fourth-order valence-electron chi connectivity index (χ4n) is 3.40. The van der Waals surface area contributed by atoms with Crippen LogP contribution >= 0.6 is 0 Å². The zero-order valence-corrected chi connectivity index (χ0v) is 16.9. The van der Waals surface area contributed by atoms with E-state index in [9.17, 15) is 13.2 Å². The predicted octanol–water partition coefficient (Wildman–Crippen LogP) is 2.71. The number of piperidine rings is 1. The van der Waals surface area contributed by atoms with Gasteiger partial charge in [0.15, 0.2) is 9.84 Å². The smallest absolute Gasteiger partial charge is 0.226 e. The van der Waals surface area contributed by atoms with E-state index in [1.54, 1.807) is 43.4 Å². The zero-order chi connectivity index (χ0) is 20.1. The van der Waals surface area contributed by atoms with Crippen molar-refractivity contribution in [3.8, 4) is 11.5 Å². The lowest BCUT2D eigenvalue weighted by Gasteiger charge is -2.32. The van der Waals surface area contributed by atoms with Crippen LogP contribution < -0.4 is 9.47 Å². The molecule has 0 saturated carbocycles. The molecule has 1 saturated heterocycles. The molecule has 28 heavy (non-hydrogen) atoms. The third kappa shape index (κ3) is 4.47. The van der Waals surface area contributed by atoms with Crippen LogP contribution in [0.5, 0.6) is 11.5 Å². The predicted molar refractivity (Wildman–Crippen MR) is 106 cm³/mol. The van der Waals surface area contributed by atoms with E-state index in [1.165, 1.54) is 0 Å². The van der Waals surface area contributed by atoms with E-state index in [0.29, 0.717) is 43.0 Å². The Kier molecular flexibility index (Phi) is 6.24. The first-order valence-corrected chi connectivity index (χ1v) is 10.8. The SMILES string of the molecule is COc1ccc(CC(=O)N2CCC(S(=O)(=O)c3ccc(OC)cc3)CC2)cc1. The number of likely N-dealkylation sites (tertiary alicyclic amines) is 1. The van der Waals surface area contributed by atoms with E-state index in [4.69, 9.17) is 9.47 Å². The van der Waals surface area contributed by atoms with Gasteiger partial charge in [-0.1, -0.05) is 12.1 Å². The fourth-order valence-corrected chi connectivity index (χ4v) is 5.13. The highest BCUT2D eigenvalue weighted by Crippen LogP contribution is 2.26. The Morgan fingerprint density at radius 1 is 0.929 bits per heavy atom. The van der Waals surface area contributed by atoms with Crippen molar-refractivity contribution in [1.29, 1.82) is 0 Å². The molecule has 3 rings (SSSR count). The van der Waals surface area contributed by atoms with Crippen LogP contribution in [0.25, 0.3) is 0 Å². The van der Waals surface area contributed by atoms with Gasteiger partial charge in [0, 0.05) is 13.1 Å². The number of hydrogen-bond acceptors (Lipinski definition) is 5. The summed E-state index contributed by atoms with van der Waals surface area (Å²) in [6, 6.07) is 13.9. The van der Waals surface area contributed by atoms with Crippen molar-refractivity contribution in [2.24, 2.45) is 0 Å². The van der Waals surface area contributed by atoms with Gasteiger partial charge >= 0.3 is 0 Å². The van der Waals surface area contributed by atoms with E-state index in [-0.39, 0.29) is 5.91 Å². The summed E-state index contributed by atoms with van der Waals surface area (Å²) >= 11 is 0. The number of nitrogens with zero attached hydrogens (tertiary/aromatic N) is 1. The highest BCUT2D eigenvalue weighted by atomic mass is 32.2. The molecule has 1 aliphatic heterocycles. The Labute approximate surface area is 166 Å². The number of carbonyl (C=O) groups excluding carboxylic acids is 1. The van der Waals surface area contributed by atoms with E-state index in [2.05, 4.69) is 0 Å². The van der Waals surface area contributed by atoms with Crippen LogP contribution in [-0.2, 0) is 21.1 Å². The van der Waals surface area contributed by atoms with Gasteiger partial charge in [-0.05, 0) is 54.8 Å². The second-order valence-corrected chi connectivity index (χ2v) is 9.05. The van der Waals surface area contributed by atoms with E-state index < -0.39 is 15.1 Å².